The SMILES string of the molecule is Cc1ccccc1[SH+](=O)O.Cc1sc(NC(=O)Cc2ccc3c(c2)OCO3)nc1-c1ccc2c(c1)CCN2. The van der Waals surface area contributed by atoms with Crippen LogP contribution in [0.25, 0.3) is 11.3 Å². The van der Waals surface area contributed by atoms with E-state index < -0.39 is 11.1 Å². The smallest absolute Gasteiger partial charge is 0.235 e. The van der Waals surface area contributed by atoms with Crippen LogP contribution in [0.5, 0.6) is 11.5 Å². The summed E-state index contributed by atoms with van der Waals surface area (Å²) in [4.78, 5) is 18.7. The van der Waals surface area contributed by atoms with Crippen LogP contribution in [0, 0.1) is 13.8 Å². The summed E-state index contributed by atoms with van der Waals surface area (Å²) >= 11 is -0.668. The third kappa shape index (κ3) is 5.88. The van der Waals surface area contributed by atoms with Crippen LogP contribution in [0.3, 0.4) is 0 Å². The maximum Gasteiger partial charge on any atom is 0.235 e. The maximum absolute atomic E-state index is 12.5. The van der Waals surface area contributed by atoms with Crippen molar-refractivity contribution in [3.05, 3.63) is 82.2 Å². The molecule has 38 heavy (non-hydrogen) atoms. The number of benzene rings is 3. The summed E-state index contributed by atoms with van der Waals surface area (Å²) in [5, 5.41) is 6.92. The molecule has 3 heterocycles. The number of nitrogens with zero attached hydrogens (tertiary/aromatic N) is 1. The Kier molecular flexibility index (Phi) is 7.73. The lowest BCUT2D eigenvalue weighted by Crippen LogP contribution is -2.14. The van der Waals surface area contributed by atoms with E-state index in [4.69, 9.17) is 14.0 Å². The molecule has 10 heteroatoms. The number of aromatic nitrogens is 1. The van der Waals surface area contributed by atoms with Crippen LogP contribution in [0.15, 0.2) is 65.6 Å². The van der Waals surface area contributed by atoms with Gasteiger partial charge in [-0.1, -0.05) is 34.5 Å². The molecule has 0 radical (unpaired) electrons. The topological polar surface area (TPSA) is 110 Å². The summed E-state index contributed by atoms with van der Waals surface area (Å²) in [5.41, 5.74) is 6.28. The molecule has 3 aromatic carbocycles. The predicted molar refractivity (Wildman–Crippen MR) is 151 cm³/mol. The number of thiazole rings is 1. The van der Waals surface area contributed by atoms with Gasteiger partial charge in [0.1, 0.15) is 0 Å². The number of aryl methyl sites for hydroxylation is 2. The Morgan fingerprint density at radius 2 is 1.92 bits per heavy atom. The maximum atomic E-state index is 12.5. The van der Waals surface area contributed by atoms with E-state index in [-0.39, 0.29) is 19.1 Å². The molecule has 2 aliphatic heterocycles. The number of carbonyl (C=O) groups is 1. The van der Waals surface area contributed by atoms with Gasteiger partial charge in [0, 0.05) is 28.2 Å². The summed E-state index contributed by atoms with van der Waals surface area (Å²) in [6, 6.07) is 19.0. The molecule has 1 atom stereocenters. The van der Waals surface area contributed by atoms with Gasteiger partial charge in [-0.25, -0.2) is 4.98 Å². The lowest BCUT2D eigenvalue weighted by molar-refractivity contribution is -0.115. The molecule has 0 bridgehead atoms. The van der Waals surface area contributed by atoms with Gasteiger partial charge in [-0.2, -0.15) is 4.55 Å². The molecule has 1 amide bonds. The highest BCUT2D eigenvalue weighted by Gasteiger charge is 2.17. The van der Waals surface area contributed by atoms with E-state index in [1.54, 1.807) is 12.1 Å². The number of hydrogen-bond donors (Lipinski definition) is 3. The van der Waals surface area contributed by atoms with Crippen LogP contribution in [-0.4, -0.2) is 28.8 Å². The highest BCUT2D eigenvalue weighted by Crippen LogP contribution is 2.35. The van der Waals surface area contributed by atoms with Gasteiger partial charge in [0.15, 0.2) is 21.5 Å². The van der Waals surface area contributed by atoms with E-state index in [0.29, 0.717) is 21.5 Å². The Hall–Kier alpha value is -3.73. The van der Waals surface area contributed by atoms with Gasteiger partial charge in [0.2, 0.25) is 23.8 Å². The fourth-order valence-electron chi connectivity index (χ4n) is 4.35. The first-order valence-electron chi connectivity index (χ1n) is 12.1. The number of carbonyl (C=O) groups excluding carboxylic acids is 1. The van der Waals surface area contributed by atoms with Crippen LogP contribution in [0.2, 0.25) is 0 Å². The molecule has 1 aromatic heterocycles. The first kappa shape index (κ1) is 25.9. The molecule has 0 saturated carbocycles. The lowest BCUT2D eigenvalue weighted by Gasteiger charge is -2.04. The molecule has 2 aliphatic rings. The molecule has 8 nitrogen and oxygen atoms in total. The van der Waals surface area contributed by atoms with Gasteiger partial charge < -0.3 is 20.1 Å². The molecule has 196 valence electrons. The number of anilines is 2. The average molecular weight is 551 g/mol. The van der Waals surface area contributed by atoms with E-state index in [9.17, 15) is 9.00 Å². The molecule has 6 rings (SSSR count). The number of ether oxygens (including phenoxy) is 2. The fourth-order valence-corrected chi connectivity index (χ4v) is 5.79. The molecule has 1 unspecified atom stereocenters. The first-order chi connectivity index (χ1) is 18.4. The Morgan fingerprint density at radius 3 is 2.71 bits per heavy atom. The monoisotopic (exact) mass is 550 g/mol. The van der Waals surface area contributed by atoms with Crippen LogP contribution >= 0.6 is 11.3 Å². The predicted octanol–water partition coefficient (Wildman–Crippen LogP) is 5.52. The van der Waals surface area contributed by atoms with Crippen molar-refractivity contribution < 1.29 is 23.0 Å². The lowest BCUT2D eigenvalue weighted by atomic mass is 10.1. The van der Waals surface area contributed by atoms with Gasteiger partial charge in [0.25, 0.3) is 0 Å². The Labute approximate surface area is 227 Å². The summed E-state index contributed by atoms with van der Waals surface area (Å²) in [7, 11) is 0. The molecule has 0 spiro atoms. The number of fused-ring (bicyclic) bond motifs is 2. The molecule has 0 fully saturated rings. The van der Waals surface area contributed by atoms with Gasteiger partial charge in [-0.3, -0.25) is 4.79 Å². The Bertz CT molecular complexity index is 1520. The van der Waals surface area contributed by atoms with Crippen molar-refractivity contribution in [3.63, 3.8) is 0 Å². The normalized spacial score (nSPS) is 13.7. The van der Waals surface area contributed by atoms with Crippen LogP contribution < -0.4 is 20.1 Å². The van der Waals surface area contributed by atoms with Crippen molar-refractivity contribution >= 4 is 39.1 Å². The van der Waals surface area contributed by atoms with E-state index in [0.717, 1.165) is 40.2 Å². The standard InChI is InChI=1S/C21H19N3O3S.C7H8O2S/c1-12-20(15-3-4-16-14(10-15)6-7-22-16)24-21(28-12)23-19(25)9-13-2-5-17-18(8-13)27-11-26-17;1-6-4-2-3-5-7(6)10(8)9/h2-5,8,10,22H,6-7,9,11H2,1H3,(H,23,24,25);2-5H,1H3,(H,8,9)/p+1. The second kappa shape index (κ2) is 11.3. The van der Waals surface area contributed by atoms with Gasteiger partial charge in [-0.15, -0.1) is 11.3 Å². The van der Waals surface area contributed by atoms with Crippen molar-refractivity contribution in [1.29, 1.82) is 0 Å². The minimum Gasteiger partial charge on any atom is -0.454 e. The van der Waals surface area contributed by atoms with Crippen LogP contribution in [0.1, 0.15) is 21.6 Å². The van der Waals surface area contributed by atoms with Crippen LogP contribution in [-0.2, 0) is 32.9 Å². The van der Waals surface area contributed by atoms with Crippen LogP contribution in [0.4, 0.5) is 10.8 Å². The molecular weight excluding hydrogens is 522 g/mol. The van der Waals surface area contributed by atoms with Gasteiger partial charge >= 0.3 is 0 Å². The van der Waals surface area contributed by atoms with Gasteiger partial charge in [0.05, 0.1) is 12.1 Å². The van der Waals surface area contributed by atoms with E-state index in [1.807, 2.05) is 44.2 Å². The molecule has 4 aromatic rings. The zero-order valence-electron chi connectivity index (χ0n) is 21.0. The van der Waals surface area contributed by atoms with Crippen molar-refractivity contribution in [2.24, 2.45) is 0 Å². The highest BCUT2D eigenvalue weighted by molar-refractivity contribution is 7.79. The van der Waals surface area contributed by atoms with E-state index in [2.05, 4.69) is 33.8 Å². The molecule has 0 saturated heterocycles. The quantitative estimate of drug-likeness (QED) is 0.222. The second-order valence-corrected chi connectivity index (χ2v) is 11.2. The zero-order valence-corrected chi connectivity index (χ0v) is 22.7. The van der Waals surface area contributed by atoms with Crippen molar-refractivity contribution in [1.82, 2.24) is 4.98 Å². The summed E-state index contributed by atoms with van der Waals surface area (Å²) < 4.78 is 30.0. The largest absolute Gasteiger partial charge is 0.454 e. The number of hydrogen-bond acceptors (Lipinski definition) is 7. The third-order valence-corrected chi connectivity index (χ3v) is 8.05. The first-order valence-corrected chi connectivity index (χ1v) is 14.1. The number of nitrogens with one attached hydrogen (secondary N) is 2. The number of thiol groups is 1. The van der Waals surface area contributed by atoms with E-state index in [1.165, 1.54) is 22.6 Å². The summed E-state index contributed by atoms with van der Waals surface area (Å²) in [6.45, 7) is 5.06. The van der Waals surface area contributed by atoms with Crippen molar-refractivity contribution in [3.8, 4) is 22.8 Å². The Morgan fingerprint density at radius 1 is 1.11 bits per heavy atom. The van der Waals surface area contributed by atoms with Crippen molar-refractivity contribution in [2.75, 3.05) is 24.0 Å². The highest BCUT2D eigenvalue weighted by atomic mass is 32.2. The number of amides is 1. The van der Waals surface area contributed by atoms with Crippen molar-refractivity contribution in [2.45, 2.75) is 31.6 Å². The average Bonchev–Trinajstić information content (AvgIpc) is 3.63. The minimum absolute atomic E-state index is 0.0997. The molecular formula is C28H28N3O5S2+. The third-order valence-electron chi connectivity index (χ3n) is 6.25. The Balaban J connectivity index is 0.000000249. The molecule has 0 aliphatic carbocycles. The van der Waals surface area contributed by atoms with Gasteiger partial charge in [-0.05, 0) is 61.7 Å². The molecule has 3 N–H and O–H groups in total. The minimum atomic E-state index is -2.17. The zero-order chi connectivity index (χ0) is 26.6. The second-order valence-electron chi connectivity index (χ2n) is 8.94. The summed E-state index contributed by atoms with van der Waals surface area (Å²) in [5.74, 6) is 1.30. The van der Waals surface area contributed by atoms with E-state index >= 15 is 0 Å². The fraction of sp³-hybridized carbons (Fsp3) is 0.214. The number of rotatable bonds is 5. The summed E-state index contributed by atoms with van der Waals surface area (Å²) in [6.07, 6.45) is 1.29.